The van der Waals surface area contributed by atoms with E-state index in [1.54, 1.807) is 0 Å². The molecular formula is C39H72O5. The monoisotopic (exact) mass is 626 g/mol. The number of allylic oxidation sites excluding steroid dienone is 4. The van der Waals surface area contributed by atoms with Crippen molar-refractivity contribution in [3.63, 3.8) is 0 Å². The fraction of sp³-hybridized carbons (Fsp3) is 0.846. The highest BCUT2D eigenvalue weighted by Gasteiger charge is 2.16. The SMILES string of the molecule is [2H]C([2H])(O)C([2H])(OC(=O)CCCCCCC/C=C/CCCCCCCC)C([2H])([2H])OC(=O)CCCCCCC/C=C/CCCCCCCC. The number of rotatable bonds is 34. The third kappa shape index (κ3) is 33.3. The Bertz CT molecular complexity index is 874. The van der Waals surface area contributed by atoms with Crippen molar-refractivity contribution in [3.05, 3.63) is 24.3 Å². The summed E-state index contributed by atoms with van der Waals surface area (Å²) in [6, 6.07) is 0. The van der Waals surface area contributed by atoms with E-state index in [2.05, 4.69) is 38.2 Å². The molecule has 0 aromatic heterocycles. The maximum absolute atomic E-state index is 12.5. The van der Waals surface area contributed by atoms with E-state index >= 15 is 0 Å². The highest BCUT2D eigenvalue weighted by molar-refractivity contribution is 5.70. The summed E-state index contributed by atoms with van der Waals surface area (Å²) in [5.41, 5.74) is 0. The van der Waals surface area contributed by atoms with E-state index in [0.29, 0.717) is 12.8 Å². The number of hydrogen-bond donors (Lipinski definition) is 1. The van der Waals surface area contributed by atoms with Gasteiger partial charge in [0.1, 0.15) is 6.56 Å². The van der Waals surface area contributed by atoms with Gasteiger partial charge in [0, 0.05) is 12.8 Å². The van der Waals surface area contributed by atoms with Crippen LogP contribution in [0.3, 0.4) is 0 Å². The van der Waals surface area contributed by atoms with Crippen molar-refractivity contribution >= 4 is 11.9 Å². The predicted octanol–water partition coefficient (Wildman–Crippen LogP) is 11.5. The predicted molar refractivity (Wildman–Crippen MR) is 187 cm³/mol. The Morgan fingerprint density at radius 1 is 0.568 bits per heavy atom. The van der Waals surface area contributed by atoms with Crippen LogP contribution >= 0.6 is 0 Å². The molecular weight excluding hydrogens is 548 g/mol. The third-order valence-corrected chi connectivity index (χ3v) is 7.86. The highest BCUT2D eigenvalue weighted by atomic mass is 16.6. The summed E-state index contributed by atoms with van der Waals surface area (Å²) in [4.78, 5) is 24.8. The Morgan fingerprint density at radius 2 is 0.909 bits per heavy atom. The van der Waals surface area contributed by atoms with Crippen molar-refractivity contribution in [2.45, 2.75) is 200 Å². The summed E-state index contributed by atoms with van der Waals surface area (Å²) in [6.45, 7) is -2.56. The quantitative estimate of drug-likeness (QED) is 0.0437. The van der Waals surface area contributed by atoms with Gasteiger partial charge in [-0.3, -0.25) is 9.59 Å². The van der Waals surface area contributed by atoms with Crippen LogP contribution in [-0.2, 0) is 19.1 Å². The second-order valence-electron chi connectivity index (χ2n) is 12.2. The number of hydrogen-bond acceptors (Lipinski definition) is 5. The van der Waals surface area contributed by atoms with Crippen LogP contribution in [0.25, 0.3) is 0 Å². The first-order chi connectivity index (χ1) is 23.4. The summed E-state index contributed by atoms with van der Waals surface area (Å²) < 4.78 is 49.3. The summed E-state index contributed by atoms with van der Waals surface area (Å²) in [5.74, 6) is -2.00. The maximum atomic E-state index is 12.5. The van der Waals surface area contributed by atoms with Crippen molar-refractivity contribution in [2.75, 3.05) is 13.1 Å². The Morgan fingerprint density at radius 3 is 1.30 bits per heavy atom. The molecule has 0 aromatic rings. The van der Waals surface area contributed by atoms with Crippen LogP contribution in [0.2, 0.25) is 0 Å². The van der Waals surface area contributed by atoms with Gasteiger partial charge in [0.2, 0.25) is 0 Å². The zero-order chi connectivity index (χ0) is 36.7. The number of ether oxygens (including phenoxy) is 2. The average Bonchev–Trinajstić information content (AvgIpc) is 3.03. The highest BCUT2D eigenvalue weighted by Crippen LogP contribution is 2.12. The first kappa shape index (κ1) is 33.7. The average molecular weight is 626 g/mol. The topological polar surface area (TPSA) is 72.8 Å². The van der Waals surface area contributed by atoms with Crippen molar-refractivity contribution in [1.29, 1.82) is 0 Å². The molecule has 0 aliphatic rings. The number of carbonyl (C=O) groups excluding carboxylic acids is 2. The number of aliphatic hydroxyl groups is 1. The fourth-order valence-corrected chi connectivity index (χ4v) is 5.07. The second kappa shape index (κ2) is 35.9. The van der Waals surface area contributed by atoms with Gasteiger partial charge in [-0.2, -0.15) is 0 Å². The molecule has 44 heavy (non-hydrogen) atoms. The van der Waals surface area contributed by atoms with E-state index < -0.39 is 31.1 Å². The molecule has 5 nitrogen and oxygen atoms in total. The Labute approximate surface area is 280 Å². The fourth-order valence-electron chi connectivity index (χ4n) is 5.07. The molecule has 0 radical (unpaired) electrons. The van der Waals surface area contributed by atoms with Crippen LogP contribution in [0, 0.1) is 0 Å². The lowest BCUT2D eigenvalue weighted by Crippen LogP contribution is -2.28. The van der Waals surface area contributed by atoms with Crippen LogP contribution in [-0.4, -0.2) is 36.2 Å². The summed E-state index contributed by atoms with van der Waals surface area (Å²) in [6.07, 6.45) is 33.5. The van der Waals surface area contributed by atoms with Gasteiger partial charge in [-0.15, -0.1) is 0 Å². The maximum Gasteiger partial charge on any atom is 0.306 e. The van der Waals surface area contributed by atoms with Gasteiger partial charge in [0.05, 0.1) is 13.4 Å². The minimum atomic E-state index is -3.61. The normalized spacial score (nSPS) is 15.4. The van der Waals surface area contributed by atoms with Gasteiger partial charge in [-0.25, -0.2) is 0 Å². The first-order valence-corrected chi connectivity index (χ1v) is 18.4. The molecule has 0 aliphatic carbocycles. The van der Waals surface area contributed by atoms with E-state index in [1.165, 1.54) is 77.0 Å². The molecule has 0 bridgehead atoms. The number of esters is 2. The summed E-state index contributed by atoms with van der Waals surface area (Å²) in [5, 5.41) is 9.98. The number of carbonyl (C=O) groups is 2. The van der Waals surface area contributed by atoms with Gasteiger partial charge in [0.25, 0.3) is 0 Å². The number of unbranched alkanes of at least 4 members (excludes halogenated alkanes) is 22. The lowest BCUT2D eigenvalue weighted by molar-refractivity contribution is -0.161. The molecule has 1 unspecified atom stereocenters. The van der Waals surface area contributed by atoms with E-state index in [9.17, 15) is 14.7 Å². The van der Waals surface area contributed by atoms with Crippen molar-refractivity contribution in [3.8, 4) is 0 Å². The largest absolute Gasteiger partial charge is 0.462 e. The molecule has 0 fully saturated rings. The molecule has 0 saturated carbocycles. The van der Waals surface area contributed by atoms with Gasteiger partial charge < -0.3 is 14.6 Å². The minimum absolute atomic E-state index is 0.120. The van der Waals surface area contributed by atoms with Crippen molar-refractivity contribution < 1.29 is 31.0 Å². The smallest absolute Gasteiger partial charge is 0.306 e. The zero-order valence-electron chi connectivity index (χ0n) is 33.7. The lowest BCUT2D eigenvalue weighted by atomic mass is 10.1. The summed E-state index contributed by atoms with van der Waals surface area (Å²) in [7, 11) is 0. The van der Waals surface area contributed by atoms with Crippen molar-refractivity contribution in [2.24, 2.45) is 0 Å². The van der Waals surface area contributed by atoms with Crippen LogP contribution < -0.4 is 0 Å². The molecule has 1 N–H and O–H groups in total. The molecule has 0 spiro atoms. The van der Waals surface area contributed by atoms with Gasteiger partial charge in [-0.1, -0.05) is 141 Å². The Balaban J connectivity index is 4.23. The molecule has 0 rings (SSSR count). The van der Waals surface area contributed by atoms with E-state index in [4.69, 9.17) is 16.3 Å². The lowest BCUT2D eigenvalue weighted by Gasteiger charge is -2.15. The third-order valence-electron chi connectivity index (χ3n) is 7.86. The second-order valence-corrected chi connectivity index (χ2v) is 12.2. The van der Waals surface area contributed by atoms with E-state index in [1.807, 2.05) is 0 Å². The van der Waals surface area contributed by atoms with Gasteiger partial charge in [-0.05, 0) is 64.2 Å². The molecule has 0 aromatic carbocycles. The van der Waals surface area contributed by atoms with Gasteiger partial charge in [0.15, 0.2) is 6.08 Å². The Hall–Kier alpha value is -1.62. The molecule has 0 amide bonds. The Kier molecular flexibility index (Phi) is 27.5. The minimum Gasteiger partial charge on any atom is -0.462 e. The summed E-state index contributed by atoms with van der Waals surface area (Å²) >= 11 is 0. The molecule has 0 aliphatic heterocycles. The van der Waals surface area contributed by atoms with Gasteiger partial charge >= 0.3 is 11.9 Å². The van der Waals surface area contributed by atoms with Crippen molar-refractivity contribution in [1.82, 2.24) is 0 Å². The molecule has 0 saturated heterocycles. The standard InChI is InChI=1S/C39H72O5/c1-3-5-7-9-11-13-15-17-19-21-23-25-27-29-31-33-38(41)43-36-37(35-40)44-39(42)34-32-30-28-26-24-22-20-18-16-14-12-10-8-6-4-2/h17-20,37,40H,3-16,21-36H2,1-2H3/b19-17+,20-18+/i35D2,36D2,37D. The molecule has 258 valence electrons. The molecule has 0 heterocycles. The zero-order valence-corrected chi connectivity index (χ0v) is 28.7. The van der Waals surface area contributed by atoms with Crippen LogP contribution in [0.4, 0.5) is 0 Å². The van der Waals surface area contributed by atoms with Crippen LogP contribution in [0.15, 0.2) is 24.3 Å². The van der Waals surface area contributed by atoms with Crippen LogP contribution in [0.1, 0.15) is 200 Å². The van der Waals surface area contributed by atoms with Crippen LogP contribution in [0.5, 0.6) is 0 Å². The molecule has 1 atom stereocenters. The first-order valence-electron chi connectivity index (χ1n) is 20.9. The molecule has 5 heteroatoms. The van der Waals surface area contributed by atoms with E-state index in [0.717, 1.165) is 77.0 Å². The van der Waals surface area contributed by atoms with E-state index in [-0.39, 0.29) is 12.8 Å².